The summed E-state index contributed by atoms with van der Waals surface area (Å²) >= 11 is 0. The highest BCUT2D eigenvalue weighted by atomic mass is 19.1. The smallest absolute Gasteiger partial charge is 0.341 e. The second-order valence-electron chi connectivity index (χ2n) is 8.48. The number of benzene rings is 1. The molecule has 1 aromatic heterocycles. The summed E-state index contributed by atoms with van der Waals surface area (Å²) in [5, 5.41) is 12.7. The molecule has 2 N–H and O–H groups in total. The second-order valence-corrected chi connectivity index (χ2v) is 8.48. The lowest BCUT2D eigenvalue weighted by molar-refractivity contribution is 0.0694. The molecule has 8 heteroatoms. The molecule has 0 unspecified atom stereocenters. The van der Waals surface area contributed by atoms with Crippen molar-refractivity contribution in [1.82, 2.24) is 9.88 Å². The topological polar surface area (TPSA) is 74.6 Å². The summed E-state index contributed by atoms with van der Waals surface area (Å²) in [4.78, 5) is 26.2. The van der Waals surface area contributed by atoms with E-state index >= 15 is 8.78 Å². The first-order valence-corrected chi connectivity index (χ1v) is 10.2. The zero-order valence-corrected chi connectivity index (χ0v) is 16.2. The monoisotopic (exact) mass is 403 g/mol. The summed E-state index contributed by atoms with van der Waals surface area (Å²) in [5.74, 6) is -2.60. The lowest BCUT2D eigenvalue weighted by atomic mass is 9.94. The van der Waals surface area contributed by atoms with Crippen LogP contribution >= 0.6 is 0 Å². The standard InChI is InChI=1S/C21H23F2N3O3/c1-10-16(21(28)29)20(27)13-7-14(22)19(17(23)18(13)26(10)12-4-5-12)25-8-11-3-2-6-24-15(11)9-25/h7,11-12,15,24H,2-6,8-9H2,1H3,(H,28,29)/t11-,15+/m0/s1. The van der Waals surface area contributed by atoms with E-state index in [-0.39, 0.29) is 34.4 Å². The highest BCUT2D eigenvalue weighted by molar-refractivity contribution is 5.95. The van der Waals surface area contributed by atoms with Gasteiger partial charge in [-0.2, -0.15) is 0 Å². The molecule has 3 fully saturated rings. The van der Waals surface area contributed by atoms with Crippen molar-refractivity contribution in [2.45, 2.75) is 44.7 Å². The van der Waals surface area contributed by atoms with Gasteiger partial charge in [0.25, 0.3) is 0 Å². The Labute approximate surface area is 166 Å². The number of fused-ring (bicyclic) bond motifs is 2. The minimum absolute atomic E-state index is 0.0271. The molecule has 1 aromatic carbocycles. The zero-order chi connectivity index (χ0) is 20.4. The Bertz CT molecular complexity index is 1080. The third-order valence-corrected chi connectivity index (χ3v) is 6.65. The molecule has 2 aromatic rings. The van der Waals surface area contributed by atoms with Gasteiger partial charge in [-0.15, -0.1) is 0 Å². The lowest BCUT2D eigenvalue weighted by Gasteiger charge is -2.24. The van der Waals surface area contributed by atoms with Gasteiger partial charge in [-0.25, -0.2) is 13.6 Å². The fourth-order valence-corrected chi connectivity index (χ4v) is 5.15. The van der Waals surface area contributed by atoms with E-state index in [1.807, 2.05) is 0 Å². The fraction of sp³-hybridized carbons (Fsp3) is 0.524. The van der Waals surface area contributed by atoms with Crippen molar-refractivity contribution in [2.75, 3.05) is 24.5 Å². The van der Waals surface area contributed by atoms with Gasteiger partial charge in [-0.3, -0.25) is 4.79 Å². The van der Waals surface area contributed by atoms with Gasteiger partial charge in [-0.05, 0) is 51.1 Å². The minimum atomic E-state index is -1.37. The number of aromatic nitrogens is 1. The van der Waals surface area contributed by atoms with Crippen LogP contribution in [-0.4, -0.2) is 41.3 Å². The summed E-state index contributed by atoms with van der Waals surface area (Å²) in [6.45, 7) is 3.52. The maximum atomic E-state index is 15.8. The summed E-state index contributed by atoms with van der Waals surface area (Å²) in [7, 11) is 0. The summed E-state index contributed by atoms with van der Waals surface area (Å²) < 4.78 is 32.5. The summed E-state index contributed by atoms with van der Waals surface area (Å²) in [6, 6.07) is 1.17. The summed E-state index contributed by atoms with van der Waals surface area (Å²) in [6.07, 6.45) is 3.64. The number of aromatic carboxylic acids is 1. The van der Waals surface area contributed by atoms with Crippen LogP contribution in [0.3, 0.4) is 0 Å². The number of nitrogens with zero attached hydrogens (tertiary/aromatic N) is 2. The maximum absolute atomic E-state index is 15.8. The number of halogens is 2. The molecule has 0 spiro atoms. The quantitative estimate of drug-likeness (QED) is 0.825. The molecule has 29 heavy (non-hydrogen) atoms. The molecular formula is C21H23F2N3O3. The van der Waals surface area contributed by atoms with E-state index in [0.717, 1.165) is 38.3 Å². The highest BCUT2D eigenvalue weighted by Crippen LogP contribution is 2.42. The largest absolute Gasteiger partial charge is 0.477 e. The van der Waals surface area contributed by atoms with Crippen molar-refractivity contribution in [3.05, 3.63) is 39.2 Å². The van der Waals surface area contributed by atoms with Crippen molar-refractivity contribution in [3.63, 3.8) is 0 Å². The first-order chi connectivity index (χ1) is 13.9. The number of carboxylic acids is 1. The van der Waals surface area contributed by atoms with E-state index < -0.39 is 28.6 Å². The number of carboxylic acid groups (broad SMARTS) is 1. The van der Waals surface area contributed by atoms with E-state index in [2.05, 4.69) is 5.32 Å². The number of hydrogen-bond acceptors (Lipinski definition) is 4. The van der Waals surface area contributed by atoms with Crippen LogP contribution in [0.1, 0.15) is 47.8 Å². The van der Waals surface area contributed by atoms with E-state index in [1.54, 1.807) is 9.47 Å². The van der Waals surface area contributed by atoms with Crippen molar-refractivity contribution < 1.29 is 18.7 Å². The minimum Gasteiger partial charge on any atom is -0.477 e. The van der Waals surface area contributed by atoms with Crippen LogP contribution in [0.25, 0.3) is 10.9 Å². The Balaban J connectivity index is 1.74. The predicted molar refractivity (Wildman–Crippen MR) is 105 cm³/mol. The first kappa shape index (κ1) is 18.5. The zero-order valence-electron chi connectivity index (χ0n) is 16.2. The Morgan fingerprint density at radius 2 is 2.00 bits per heavy atom. The third kappa shape index (κ3) is 2.76. The van der Waals surface area contributed by atoms with Crippen LogP contribution in [0.15, 0.2) is 10.9 Å². The van der Waals surface area contributed by atoms with Crippen LogP contribution in [0, 0.1) is 24.5 Å². The van der Waals surface area contributed by atoms with E-state index in [1.165, 1.54) is 6.92 Å². The van der Waals surface area contributed by atoms with E-state index in [0.29, 0.717) is 19.0 Å². The van der Waals surface area contributed by atoms with Crippen LogP contribution in [0.2, 0.25) is 0 Å². The van der Waals surface area contributed by atoms with Crippen molar-refractivity contribution in [3.8, 4) is 0 Å². The molecule has 2 saturated heterocycles. The molecule has 1 saturated carbocycles. The predicted octanol–water partition coefficient (Wildman–Crippen LogP) is 2.81. The van der Waals surface area contributed by atoms with Crippen LogP contribution in [0.5, 0.6) is 0 Å². The van der Waals surface area contributed by atoms with Crippen LogP contribution in [-0.2, 0) is 0 Å². The normalized spacial score (nSPS) is 24.2. The molecule has 154 valence electrons. The molecule has 6 nitrogen and oxygen atoms in total. The number of pyridine rings is 1. The average Bonchev–Trinajstić information content (AvgIpc) is 3.40. The number of hydrogen-bond donors (Lipinski definition) is 2. The van der Waals surface area contributed by atoms with Crippen molar-refractivity contribution in [2.24, 2.45) is 5.92 Å². The average molecular weight is 403 g/mol. The Morgan fingerprint density at radius 1 is 1.24 bits per heavy atom. The Morgan fingerprint density at radius 3 is 2.66 bits per heavy atom. The molecule has 1 aliphatic carbocycles. The van der Waals surface area contributed by atoms with Gasteiger partial charge in [0.2, 0.25) is 5.43 Å². The molecule has 0 radical (unpaired) electrons. The van der Waals surface area contributed by atoms with Gasteiger partial charge in [0.1, 0.15) is 17.1 Å². The number of carbonyl (C=O) groups is 1. The Kier molecular flexibility index (Phi) is 4.17. The van der Waals surface area contributed by atoms with Gasteiger partial charge in [0, 0.05) is 30.9 Å². The molecule has 2 atom stereocenters. The molecule has 0 amide bonds. The molecule has 3 aliphatic rings. The summed E-state index contributed by atoms with van der Waals surface area (Å²) in [5.41, 5.74) is -1.09. The van der Waals surface area contributed by atoms with Crippen LogP contribution in [0.4, 0.5) is 14.5 Å². The van der Waals surface area contributed by atoms with Gasteiger partial charge < -0.3 is 19.9 Å². The van der Waals surface area contributed by atoms with Gasteiger partial charge in [0.05, 0.1) is 10.9 Å². The van der Waals surface area contributed by atoms with E-state index in [9.17, 15) is 14.7 Å². The Hall–Kier alpha value is -2.48. The first-order valence-electron chi connectivity index (χ1n) is 10.2. The number of rotatable bonds is 3. The molecular weight excluding hydrogens is 380 g/mol. The number of piperidine rings is 1. The van der Waals surface area contributed by atoms with Gasteiger partial charge >= 0.3 is 5.97 Å². The molecule has 0 bridgehead atoms. The van der Waals surface area contributed by atoms with Crippen LogP contribution < -0.4 is 15.6 Å². The maximum Gasteiger partial charge on any atom is 0.341 e. The molecule has 2 aliphatic heterocycles. The van der Waals surface area contributed by atoms with Gasteiger partial charge in [-0.1, -0.05) is 0 Å². The molecule has 3 heterocycles. The van der Waals surface area contributed by atoms with Crippen molar-refractivity contribution in [1.29, 1.82) is 0 Å². The van der Waals surface area contributed by atoms with E-state index in [4.69, 9.17) is 0 Å². The SMILES string of the molecule is Cc1c(C(=O)O)c(=O)c2cc(F)c(N3C[C@@H]4CCCN[C@@H]4C3)c(F)c2n1C1CC1. The highest BCUT2D eigenvalue weighted by Gasteiger charge is 2.38. The number of nitrogens with one attached hydrogen (secondary N) is 1. The third-order valence-electron chi connectivity index (χ3n) is 6.65. The lowest BCUT2D eigenvalue weighted by Crippen LogP contribution is -2.40. The van der Waals surface area contributed by atoms with Gasteiger partial charge in [0.15, 0.2) is 5.82 Å². The van der Waals surface area contributed by atoms with Crippen molar-refractivity contribution >= 4 is 22.6 Å². The fourth-order valence-electron chi connectivity index (χ4n) is 5.15. The number of anilines is 1. The molecule has 5 rings (SSSR count). The second kappa shape index (κ2) is 6.52.